The number of nitrogens with zero attached hydrogens (tertiary/aromatic N) is 2. The fourth-order valence-corrected chi connectivity index (χ4v) is 3.78. The minimum absolute atomic E-state index is 0.130. The van der Waals surface area contributed by atoms with Crippen molar-refractivity contribution in [1.82, 2.24) is 4.90 Å². The molecular formula is C22H27ClN2O2. The normalized spacial score (nSPS) is 15.7. The number of piperazine rings is 1. The summed E-state index contributed by atoms with van der Waals surface area (Å²) >= 11 is 6.01. The Hall–Kier alpha value is -2.20. The first-order chi connectivity index (χ1) is 13.0. The summed E-state index contributed by atoms with van der Waals surface area (Å²) in [5, 5.41) is 0.696. The van der Waals surface area contributed by atoms with E-state index in [0.717, 1.165) is 37.5 Å². The van der Waals surface area contributed by atoms with Crippen LogP contribution in [-0.4, -0.2) is 44.1 Å². The number of carbonyl (C=O) groups is 1. The van der Waals surface area contributed by atoms with Crippen molar-refractivity contribution in [2.24, 2.45) is 5.92 Å². The molecule has 4 nitrogen and oxygen atoms in total. The molecule has 0 aliphatic carbocycles. The van der Waals surface area contributed by atoms with Gasteiger partial charge < -0.3 is 14.5 Å². The van der Waals surface area contributed by atoms with Crippen LogP contribution in [0.5, 0.6) is 5.75 Å². The molecule has 144 valence electrons. The average molecular weight is 387 g/mol. The van der Waals surface area contributed by atoms with Gasteiger partial charge in [0, 0.05) is 36.9 Å². The Morgan fingerprint density at radius 2 is 1.56 bits per heavy atom. The van der Waals surface area contributed by atoms with Gasteiger partial charge in [-0.3, -0.25) is 4.79 Å². The Bertz CT molecular complexity index is 751. The summed E-state index contributed by atoms with van der Waals surface area (Å²) in [6.45, 7) is 7.35. The lowest BCUT2D eigenvalue weighted by Gasteiger charge is -2.38. The van der Waals surface area contributed by atoms with Crippen LogP contribution in [0.3, 0.4) is 0 Å². The summed E-state index contributed by atoms with van der Waals surface area (Å²) in [7, 11) is 1.67. The number of carbonyl (C=O) groups excluding carboxylic acids is 1. The van der Waals surface area contributed by atoms with Crippen molar-refractivity contribution >= 4 is 23.2 Å². The zero-order valence-electron chi connectivity index (χ0n) is 16.2. The maximum absolute atomic E-state index is 13.2. The fourth-order valence-electron chi connectivity index (χ4n) is 3.66. The molecule has 0 aromatic heterocycles. The number of amides is 1. The molecule has 1 atom stereocenters. The second-order valence-electron chi connectivity index (χ2n) is 7.28. The second-order valence-corrected chi connectivity index (χ2v) is 7.72. The van der Waals surface area contributed by atoms with Gasteiger partial charge in [-0.2, -0.15) is 0 Å². The molecule has 27 heavy (non-hydrogen) atoms. The van der Waals surface area contributed by atoms with E-state index in [1.807, 2.05) is 41.3 Å². The van der Waals surface area contributed by atoms with Crippen LogP contribution in [-0.2, 0) is 4.79 Å². The highest BCUT2D eigenvalue weighted by atomic mass is 35.5. The summed E-state index contributed by atoms with van der Waals surface area (Å²) in [5.74, 6) is 1.17. The van der Waals surface area contributed by atoms with Gasteiger partial charge in [-0.25, -0.2) is 0 Å². The van der Waals surface area contributed by atoms with Gasteiger partial charge in [-0.1, -0.05) is 37.6 Å². The van der Waals surface area contributed by atoms with E-state index in [0.29, 0.717) is 5.02 Å². The Morgan fingerprint density at radius 1 is 0.963 bits per heavy atom. The number of methoxy groups -OCH3 is 1. The molecule has 0 radical (unpaired) electrons. The summed E-state index contributed by atoms with van der Waals surface area (Å²) in [5.41, 5.74) is 2.21. The zero-order chi connectivity index (χ0) is 19.4. The number of rotatable bonds is 5. The van der Waals surface area contributed by atoms with E-state index in [1.165, 1.54) is 5.69 Å². The molecule has 0 bridgehead atoms. The van der Waals surface area contributed by atoms with E-state index >= 15 is 0 Å². The molecule has 1 amide bonds. The largest absolute Gasteiger partial charge is 0.497 e. The number of hydrogen-bond donors (Lipinski definition) is 0. The fraction of sp³-hybridized carbons (Fsp3) is 0.409. The lowest BCUT2D eigenvalue weighted by Crippen LogP contribution is -2.50. The molecule has 2 aromatic rings. The minimum Gasteiger partial charge on any atom is -0.497 e. The van der Waals surface area contributed by atoms with Gasteiger partial charge in [0.25, 0.3) is 0 Å². The van der Waals surface area contributed by atoms with Crippen LogP contribution in [0.25, 0.3) is 0 Å². The third kappa shape index (κ3) is 4.56. The summed E-state index contributed by atoms with van der Waals surface area (Å²) in [6.07, 6.45) is 0. The third-order valence-corrected chi connectivity index (χ3v) is 5.44. The summed E-state index contributed by atoms with van der Waals surface area (Å²) in [4.78, 5) is 17.5. The highest BCUT2D eigenvalue weighted by Gasteiger charge is 2.30. The number of ether oxygens (including phenoxy) is 1. The maximum Gasteiger partial charge on any atom is 0.230 e. The Kier molecular flexibility index (Phi) is 6.27. The lowest BCUT2D eigenvalue weighted by molar-refractivity contribution is -0.134. The van der Waals surface area contributed by atoms with E-state index in [9.17, 15) is 4.79 Å². The monoisotopic (exact) mass is 386 g/mol. The van der Waals surface area contributed by atoms with Crippen LogP contribution < -0.4 is 9.64 Å². The van der Waals surface area contributed by atoms with Gasteiger partial charge >= 0.3 is 0 Å². The van der Waals surface area contributed by atoms with Crippen LogP contribution >= 0.6 is 11.6 Å². The van der Waals surface area contributed by atoms with Crippen LogP contribution in [0.1, 0.15) is 25.3 Å². The van der Waals surface area contributed by atoms with Crippen molar-refractivity contribution in [2.75, 3.05) is 38.2 Å². The van der Waals surface area contributed by atoms with E-state index in [1.54, 1.807) is 7.11 Å². The van der Waals surface area contributed by atoms with Crippen molar-refractivity contribution in [3.63, 3.8) is 0 Å². The molecule has 2 aromatic carbocycles. The van der Waals surface area contributed by atoms with E-state index < -0.39 is 0 Å². The lowest BCUT2D eigenvalue weighted by atomic mass is 9.87. The van der Waals surface area contributed by atoms with Crippen molar-refractivity contribution in [2.45, 2.75) is 19.8 Å². The predicted octanol–water partition coefficient (Wildman–Crippen LogP) is 4.44. The first kappa shape index (κ1) is 19.6. The highest BCUT2D eigenvalue weighted by molar-refractivity contribution is 6.30. The molecule has 0 unspecified atom stereocenters. The van der Waals surface area contributed by atoms with Gasteiger partial charge in [0.1, 0.15) is 5.75 Å². The Labute approximate surface area is 166 Å². The Balaban J connectivity index is 1.66. The third-order valence-electron chi connectivity index (χ3n) is 5.19. The molecule has 1 aliphatic rings. The highest BCUT2D eigenvalue weighted by Crippen LogP contribution is 2.29. The van der Waals surface area contributed by atoms with Crippen molar-refractivity contribution in [3.05, 3.63) is 59.1 Å². The molecule has 0 N–H and O–H groups in total. The van der Waals surface area contributed by atoms with Crippen molar-refractivity contribution < 1.29 is 9.53 Å². The second kappa shape index (κ2) is 8.66. The van der Waals surface area contributed by atoms with Crippen molar-refractivity contribution in [3.8, 4) is 5.75 Å². The molecule has 1 heterocycles. The van der Waals surface area contributed by atoms with Crippen LogP contribution in [0, 0.1) is 5.92 Å². The average Bonchev–Trinajstić information content (AvgIpc) is 2.69. The SMILES string of the molecule is COc1ccc(N2CCN(C(=O)[C@@H](c3ccc(Cl)cc3)C(C)C)CC2)cc1. The topological polar surface area (TPSA) is 32.8 Å². The van der Waals surface area contributed by atoms with Gasteiger partial charge in [-0.15, -0.1) is 0 Å². The van der Waals surface area contributed by atoms with E-state index in [2.05, 4.69) is 30.9 Å². The molecule has 0 spiro atoms. The van der Waals surface area contributed by atoms with Gasteiger partial charge in [-0.05, 0) is 47.9 Å². The molecule has 1 aliphatic heterocycles. The standard InChI is InChI=1S/C22H27ClN2O2/c1-16(2)21(17-4-6-18(23)7-5-17)22(26)25-14-12-24(13-15-25)19-8-10-20(27-3)11-9-19/h4-11,16,21H,12-15H2,1-3H3/t21-/m1/s1. The van der Waals surface area contributed by atoms with Crippen LogP contribution in [0.15, 0.2) is 48.5 Å². The quantitative estimate of drug-likeness (QED) is 0.761. The maximum atomic E-state index is 13.2. The molecule has 0 saturated carbocycles. The van der Waals surface area contributed by atoms with Gasteiger partial charge in [0.15, 0.2) is 0 Å². The summed E-state index contributed by atoms with van der Waals surface area (Å²) < 4.78 is 5.22. The number of halogens is 1. The first-order valence-electron chi connectivity index (χ1n) is 9.43. The van der Waals surface area contributed by atoms with Crippen LogP contribution in [0.4, 0.5) is 5.69 Å². The predicted molar refractivity (Wildman–Crippen MR) is 111 cm³/mol. The summed E-state index contributed by atoms with van der Waals surface area (Å²) in [6, 6.07) is 15.8. The number of hydrogen-bond acceptors (Lipinski definition) is 3. The Morgan fingerprint density at radius 3 is 2.07 bits per heavy atom. The molecule has 3 rings (SSSR count). The van der Waals surface area contributed by atoms with Crippen molar-refractivity contribution in [1.29, 1.82) is 0 Å². The van der Waals surface area contributed by atoms with Gasteiger partial charge in [0.05, 0.1) is 13.0 Å². The van der Waals surface area contributed by atoms with E-state index in [-0.39, 0.29) is 17.7 Å². The smallest absolute Gasteiger partial charge is 0.230 e. The molecule has 1 saturated heterocycles. The van der Waals surface area contributed by atoms with Crippen LogP contribution in [0.2, 0.25) is 5.02 Å². The van der Waals surface area contributed by atoms with Gasteiger partial charge in [0.2, 0.25) is 5.91 Å². The number of benzene rings is 2. The number of anilines is 1. The minimum atomic E-state index is -0.130. The molecular weight excluding hydrogens is 360 g/mol. The first-order valence-corrected chi connectivity index (χ1v) is 9.80. The molecule has 1 fully saturated rings. The zero-order valence-corrected chi connectivity index (χ0v) is 16.9. The van der Waals surface area contributed by atoms with E-state index in [4.69, 9.17) is 16.3 Å². The molecule has 5 heteroatoms.